The van der Waals surface area contributed by atoms with Crippen molar-refractivity contribution in [1.29, 1.82) is 0 Å². The number of hydrogen-bond donors (Lipinski definition) is 0. The molecule has 0 fully saturated rings. The van der Waals surface area contributed by atoms with Crippen molar-refractivity contribution >= 4 is 0 Å². The molecule has 0 rings (SSSR count). The maximum atomic E-state index is 2.65. The second kappa shape index (κ2) is 15.8. The van der Waals surface area contributed by atoms with E-state index >= 15 is 0 Å². The molecule has 0 saturated heterocycles. The fraction of sp³-hybridized carbons (Fsp3) is 1.00. The summed E-state index contributed by atoms with van der Waals surface area (Å²) in [4.78, 5) is 2.65. The van der Waals surface area contributed by atoms with Crippen molar-refractivity contribution in [2.24, 2.45) is 11.8 Å². The molecule has 0 saturated carbocycles. The van der Waals surface area contributed by atoms with Crippen molar-refractivity contribution in [3.8, 4) is 0 Å². The molecule has 0 aliphatic rings. The highest BCUT2D eigenvalue weighted by atomic mass is 15.1. The van der Waals surface area contributed by atoms with E-state index in [0.29, 0.717) is 0 Å². The molecular weight excluding hydrogens is 266 g/mol. The lowest BCUT2D eigenvalue weighted by molar-refractivity contribution is 0.209. The van der Waals surface area contributed by atoms with Crippen molar-refractivity contribution < 1.29 is 0 Å². The Hall–Kier alpha value is -0.0400. The summed E-state index contributed by atoms with van der Waals surface area (Å²) in [6.07, 6.45) is 16.8. The predicted octanol–water partition coefficient (Wildman–Crippen LogP) is 6.91. The SMILES string of the molecule is CCCCCC(CCC)CN(C)CC(CCC)CCCCC. The van der Waals surface area contributed by atoms with E-state index in [1.165, 1.54) is 90.1 Å². The first kappa shape index (κ1) is 22.0. The first-order valence-electron chi connectivity index (χ1n) is 10.4. The topological polar surface area (TPSA) is 3.24 Å². The molecule has 0 N–H and O–H groups in total. The maximum Gasteiger partial charge on any atom is 0.000672 e. The van der Waals surface area contributed by atoms with Crippen molar-refractivity contribution in [3.63, 3.8) is 0 Å². The summed E-state index contributed by atoms with van der Waals surface area (Å²) < 4.78 is 0. The van der Waals surface area contributed by atoms with Gasteiger partial charge >= 0.3 is 0 Å². The smallest absolute Gasteiger partial charge is 0.000672 e. The molecule has 1 heteroatoms. The Morgan fingerprint density at radius 3 is 1.27 bits per heavy atom. The van der Waals surface area contributed by atoms with Crippen molar-refractivity contribution in [3.05, 3.63) is 0 Å². The number of unbranched alkanes of at least 4 members (excludes halogenated alkanes) is 4. The Bertz CT molecular complexity index is 192. The minimum Gasteiger partial charge on any atom is -0.306 e. The minimum absolute atomic E-state index is 0.930. The van der Waals surface area contributed by atoms with Gasteiger partial charge in [-0.2, -0.15) is 0 Å². The van der Waals surface area contributed by atoms with Crippen LogP contribution in [-0.2, 0) is 0 Å². The third-order valence-electron chi connectivity index (χ3n) is 4.97. The normalized spacial score (nSPS) is 14.5. The van der Waals surface area contributed by atoms with Crippen LogP contribution in [0.2, 0.25) is 0 Å². The number of rotatable bonds is 16. The Balaban J connectivity index is 4.15. The predicted molar refractivity (Wildman–Crippen MR) is 103 cm³/mol. The summed E-state index contributed by atoms with van der Waals surface area (Å²) in [6, 6.07) is 0. The molecule has 0 heterocycles. The van der Waals surface area contributed by atoms with Gasteiger partial charge in [0.05, 0.1) is 0 Å². The van der Waals surface area contributed by atoms with Gasteiger partial charge in [-0.05, 0) is 44.6 Å². The molecule has 2 unspecified atom stereocenters. The van der Waals surface area contributed by atoms with Gasteiger partial charge in [-0.1, -0.05) is 79.1 Å². The van der Waals surface area contributed by atoms with E-state index in [-0.39, 0.29) is 0 Å². The van der Waals surface area contributed by atoms with Gasteiger partial charge in [-0.3, -0.25) is 0 Å². The van der Waals surface area contributed by atoms with Crippen molar-refractivity contribution in [1.82, 2.24) is 4.90 Å². The maximum absolute atomic E-state index is 2.65. The van der Waals surface area contributed by atoms with E-state index < -0.39 is 0 Å². The first-order valence-corrected chi connectivity index (χ1v) is 10.4. The van der Waals surface area contributed by atoms with Crippen LogP contribution in [0, 0.1) is 11.8 Å². The molecular formula is C21H45N. The molecule has 0 aromatic rings. The number of hydrogen-bond acceptors (Lipinski definition) is 1. The summed E-state index contributed by atoms with van der Waals surface area (Å²) in [7, 11) is 2.37. The molecule has 0 radical (unpaired) electrons. The summed E-state index contributed by atoms with van der Waals surface area (Å²) in [6.45, 7) is 12.0. The molecule has 0 aliphatic heterocycles. The Morgan fingerprint density at radius 1 is 0.545 bits per heavy atom. The van der Waals surface area contributed by atoms with Crippen LogP contribution in [0.1, 0.15) is 105 Å². The second-order valence-electron chi connectivity index (χ2n) is 7.52. The third-order valence-corrected chi connectivity index (χ3v) is 4.97. The molecule has 0 aromatic heterocycles. The lowest BCUT2D eigenvalue weighted by atomic mass is 9.93. The van der Waals surface area contributed by atoms with Crippen LogP contribution < -0.4 is 0 Å². The summed E-state index contributed by atoms with van der Waals surface area (Å²) in [5, 5.41) is 0. The van der Waals surface area contributed by atoms with Gasteiger partial charge in [0.15, 0.2) is 0 Å². The molecule has 0 aromatic carbocycles. The van der Waals surface area contributed by atoms with E-state index in [0.717, 1.165) is 11.8 Å². The highest BCUT2D eigenvalue weighted by molar-refractivity contribution is 4.68. The van der Waals surface area contributed by atoms with Gasteiger partial charge in [0.25, 0.3) is 0 Å². The highest BCUT2D eigenvalue weighted by Gasteiger charge is 2.15. The molecule has 0 bridgehead atoms. The van der Waals surface area contributed by atoms with Crippen molar-refractivity contribution in [2.75, 3.05) is 20.1 Å². The van der Waals surface area contributed by atoms with Crippen molar-refractivity contribution in [2.45, 2.75) is 105 Å². The van der Waals surface area contributed by atoms with Gasteiger partial charge in [0, 0.05) is 13.1 Å². The van der Waals surface area contributed by atoms with E-state index in [1.807, 2.05) is 0 Å². The zero-order valence-corrected chi connectivity index (χ0v) is 16.5. The molecule has 0 aliphatic carbocycles. The fourth-order valence-electron chi connectivity index (χ4n) is 3.79. The summed E-state index contributed by atoms with van der Waals surface area (Å²) in [5.41, 5.74) is 0. The average Bonchev–Trinajstić information content (AvgIpc) is 2.48. The third kappa shape index (κ3) is 12.5. The van der Waals surface area contributed by atoms with Crippen LogP contribution >= 0.6 is 0 Å². The molecule has 22 heavy (non-hydrogen) atoms. The van der Waals surface area contributed by atoms with Crippen LogP contribution in [0.25, 0.3) is 0 Å². The molecule has 0 amide bonds. The largest absolute Gasteiger partial charge is 0.306 e. The monoisotopic (exact) mass is 311 g/mol. The Labute approximate surface area is 142 Å². The quantitative estimate of drug-likeness (QED) is 0.280. The van der Waals surface area contributed by atoms with Crippen LogP contribution in [0.4, 0.5) is 0 Å². The van der Waals surface area contributed by atoms with Crippen LogP contribution in [0.3, 0.4) is 0 Å². The summed E-state index contributed by atoms with van der Waals surface area (Å²) >= 11 is 0. The molecule has 2 atom stereocenters. The van der Waals surface area contributed by atoms with Gasteiger partial charge in [0.2, 0.25) is 0 Å². The molecule has 1 nitrogen and oxygen atoms in total. The zero-order chi connectivity index (χ0) is 16.6. The summed E-state index contributed by atoms with van der Waals surface area (Å²) in [5.74, 6) is 1.86. The van der Waals surface area contributed by atoms with Crippen LogP contribution in [-0.4, -0.2) is 25.0 Å². The number of nitrogens with zero attached hydrogens (tertiary/aromatic N) is 1. The highest BCUT2D eigenvalue weighted by Crippen LogP contribution is 2.20. The lowest BCUT2D eigenvalue weighted by Crippen LogP contribution is -2.31. The van der Waals surface area contributed by atoms with Crippen LogP contribution in [0.5, 0.6) is 0 Å². The minimum atomic E-state index is 0.930. The van der Waals surface area contributed by atoms with E-state index in [9.17, 15) is 0 Å². The van der Waals surface area contributed by atoms with E-state index in [2.05, 4.69) is 39.6 Å². The first-order chi connectivity index (χ1) is 10.7. The molecule has 0 spiro atoms. The standard InChI is InChI=1S/C21H45N/c1-6-10-12-16-20(14-8-3)18-22(5)19-21(15-9-4)17-13-11-7-2/h20-21H,6-19H2,1-5H3. The Morgan fingerprint density at radius 2 is 0.955 bits per heavy atom. The Kier molecular flexibility index (Phi) is 15.8. The van der Waals surface area contributed by atoms with Crippen LogP contribution in [0.15, 0.2) is 0 Å². The van der Waals surface area contributed by atoms with E-state index in [1.54, 1.807) is 0 Å². The lowest BCUT2D eigenvalue weighted by Gasteiger charge is -2.28. The fourth-order valence-corrected chi connectivity index (χ4v) is 3.79. The van der Waals surface area contributed by atoms with Gasteiger partial charge < -0.3 is 4.90 Å². The van der Waals surface area contributed by atoms with E-state index in [4.69, 9.17) is 0 Å². The van der Waals surface area contributed by atoms with Gasteiger partial charge in [-0.25, -0.2) is 0 Å². The second-order valence-corrected chi connectivity index (χ2v) is 7.52. The zero-order valence-electron chi connectivity index (χ0n) is 16.5. The van der Waals surface area contributed by atoms with Gasteiger partial charge in [-0.15, -0.1) is 0 Å². The van der Waals surface area contributed by atoms with Gasteiger partial charge in [0.1, 0.15) is 0 Å². The molecule has 134 valence electrons. The average molecular weight is 312 g/mol.